The Morgan fingerprint density at radius 1 is 1.30 bits per heavy atom. The Morgan fingerprint density at radius 3 is 2.87 bits per heavy atom. The molecule has 5 nitrogen and oxygen atoms in total. The molecule has 0 aliphatic carbocycles. The Bertz CT molecular complexity index is 392. The summed E-state index contributed by atoms with van der Waals surface area (Å²) in [6.45, 7) is 8.00. The van der Waals surface area contributed by atoms with Gasteiger partial charge in [0.15, 0.2) is 0 Å². The summed E-state index contributed by atoms with van der Waals surface area (Å²) in [5.74, 6) is 0.503. The van der Waals surface area contributed by atoms with Crippen LogP contribution in [-0.4, -0.2) is 44.7 Å². The second-order valence-corrected chi connectivity index (χ2v) is 6.03. The number of methoxy groups -OCH3 is 1. The first-order valence-corrected chi connectivity index (χ1v) is 8.57. The minimum atomic E-state index is -0.0498. The lowest BCUT2D eigenvalue weighted by Gasteiger charge is -2.20. The molecule has 2 atom stereocenters. The van der Waals surface area contributed by atoms with Gasteiger partial charge in [0.2, 0.25) is 0 Å². The zero-order valence-corrected chi connectivity index (χ0v) is 15.0. The van der Waals surface area contributed by atoms with E-state index in [1.165, 1.54) is 12.8 Å². The van der Waals surface area contributed by atoms with E-state index in [-0.39, 0.29) is 12.2 Å². The van der Waals surface area contributed by atoms with Crippen molar-refractivity contribution in [2.24, 2.45) is 4.99 Å². The van der Waals surface area contributed by atoms with E-state index in [1.54, 1.807) is 13.3 Å². The molecule has 1 aliphatic rings. The van der Waals surface area contributed by atoms with Gasteiger partial charge in [-0.2, -0.15) is 0 Å². The molecule has 0 bridgehead atoms. The summed E-state index contributed by atoms with van der Waals surface area (Å²) in [5.41, 5.74) is 0. The first-order chi connectivity index (χ1) is 11.1. The van der Waals surface area contributed by atoms with Gasteiger partial charge < -0.3 is 19.5 Å². The molecule has 2 unspecified atom stereocenters. The van der Waals surface area contributed by atoms with Crippen LogP contribution in [0.2, 0.25) is 0 Å². The molecule has 0 fully saturated rings. The molecule has 5 heteroatoms. The average Bonchev–Trinajstić information content (AvgIpc) is 2.50. The fourth-order valence-corrected chi connectivity index (χ4v) is 2.17. The van der Waals surface area contributed by atoms with Crippen molar-refractivity contribution in [3.05, 3.63) is 24.3 Å². The van der Waals surface area contributed by atoms with Gasteiger partial charge >= 0.3 is 0 Å². The van der Waals surface area contributed by atoms with Gasteiger partial charge in [0.1, 0.15) is 12.3 Å². The number of hydrogen-bond donors (Lipinski definition) is 1. The van der Waals surface area contributed by atoms with Crippen molar-refractivity contribution in [3.8, 4) is 0 Å². The minimum absolute atomic E-state index is 0.0498. The van der Waals surface area contributed by atoms with Crippen LogP contribution in [0.15, 0.2) is 29.3 Å². The Labute approximate surface area is 140 Å². The zero-order chi connectivity index (χ0) is 16.9. The summed E-state index contributed by atoms with van der Waals surface area (Å²) in [6, 6.07) is 0.361. The molecular weight excluding hydrogens is 292 g/mol. The number of aliphatic imine (C=N–C) groups is 1. The molecule has 0 amide bonds. The Kier molecular flexibility index (Phi) is 10.4. The van der Waals surface area contributed by atoms with Crippen molar-refractivity contribution in [2.75, 3.05) is 20.3 Å². The Hall–Kier alpha value is -1.33. The molecular formula is C18H32N2O3. The van der Waals surface area contributed by atoms with Crippen molar-refractivity contribution in [3.63, 3.8) is 0 Å². The predicted octanol–water partition coefficient (Wildman–Crippen LogP) is 3.42. The average molecular weight is 324 g/mol. The fraction of sp³-hybridized carbons (Fsp3) is 0.722. The quantitative estimate of drug-likeness (QED) is 0.441. The lowest BCUT2D eigenvalue weighted by molar-refractivity contribution is -0.00990. The summed E-state index contributed by atoms with van der Waals surface area (Å²) >= 11 is 0. The topological polar surface area (TPSA) is 52.1 Å². The molecule has 1 aliphatic heterocycles. The van der Waals surface area contributed by atoms with Crippen molar-refractivity contribution >= 4 is 6.21 Å². The van der Waals surface area contributed by atoms with E-state index in [1.807, 2.05) is 20.1 Å². The van der Waals surface area contributed by atoms with Gasteiger partial charge in [0.25, 0.3) is 5.95 Å². The van der Waals surface area contributed by atoms with Crippen molar-refractivity contribution in [1.29, 1.82) is 0 Å². The lowest BCUT2D eigenvalue weighted by Crippen LogP contribution is -2.25. The van der Waals surface area contributed by atoms with Gasteiger partial charge in [0.05, 0.1) is 6.10 Å². The molecule has 0 saturated heterocycles. The van der Waals surface area contributed by atoms with E-state index in [0.29, 0.717) is 12.0 Å². The van der Waals surface area contributed by atoms with Crippen molar-refractivity contribution in [2.45, 2.75) is 64.7 Å². The van der Waals surface area contributed by atoms with E-state index in [9.17, 15) is 0 Å². The highest BCUT2D eigenvalue weighted by molar-refractivity contribution is 5.65. The van der Waals surface area contributed by atoms with E-state index in [2.05, 4.69) is 29.4 Å². The second kappa shape index (κ2) is 12.1. The summed E-state index contributed by atoms with van der Waals surface area (Å²) < 4.78 is 16.3. The van der Waals surface area contributed by atoms with Crippen LogP contribution in [0.25, 0.3) is 0 Å². The molecule has 132 valence electrons. The first kappa shape index (κ1) is 19.7. The maximum Gasteiger partial charge on any atom is 0.299 e. The smallest absolute Gasteiger partial charge is 0.299 e. The second-order valence-electron chi connectivity index (χ2n) is 6.03. The van der Waals surface area contributed by atoms with Gasteiger partial charge in [-0.3, -0.25) is 4.99 Å². The van der Waals surface area contributed by atoms with E-state index >= 15 is 0 Å². The summed E-state index contributed by atoms with van der Waals surface area (Å²) in [5, 5.41) is 3.49. The van der Waals surface area contributed by atoms with E-state index in [0.717, 1.165) is 26.0 Å². The van der Waals surface area contributed by atoms with E-state index < -0.39 is 0 Å². The Balaban J connectivity index is 2.13. The molecule has 1 heterocycles. The summed E-state index contributed by atoms with van der Waals surface area (Å²) in [7, 11) is 1.75. The summed E-state index contributed by atoms with van der Waals surface area (Å²) in [6.07, 6.45) is 12.1. The number of nitrogens with zero attached hydrogens (tertiary/aromatic N) is 1. The number of nitrogens with one attached hydrogen (secondary N) is 1. The van der Waals surface area contributed by atoms with Crippen LogP contribution in [0.5, 0.6) is 0 Å². The van der Waals surface area contributed by atoms with Gasteiger partial charge in [-0.15, -0.1) is 0 Å². The van der Waals surface area contributed by atoms with Crippen molar-refractivity contribution in [1.82, 2.24) is 5.32 Å². The number of ether oxygens (including phenoxy) is 3. The predicted molar refractivity (Wildman–Crippen MR) is 94.6 cm³/mol. The SMILES string of the molecule is COCCCCCNC(C)/C=C/CC1C=NC=C(OC(C)C)O1. The molecule has 0 radical (unpaired) electrons. The lowest BCUT2D eigenvalue weighted by atomic mass is 10.2. The number of unbranched alkanes of at least 4 members (excludes halogenated alkanes) is 2. The van der Waals surface area contributed by atoms with Gasteiger partial charge in [-0.25, -0.2) is 0 Å². The molecule has 1 rings (SSSR count). The van der Waals surface area contributed by atoms with Crippen LogP contribution >= 0.6 is 0 Å². The standard InChI is InChI=1S/C18H32N2O3/c1-15(2)22-18-14-19-13-17(23-18)10-8-9-16(3)20-11-6-5-7-12-21-4/h8-9,13-17,20H,5-7,10-12H2,1-4H3/b9-8+. The van der Waals surface area contributed by atoms with Crippen LogP contribution < -0.4 is 5.32 Å². The van der Waals surface area contributed by atoms with E-state index in [4.69, 9.17) is 14.2 Å². The first-order valence-electron chi connectivity index (χ1n) is 8.57. The molecule has 0 aromatic carbocycles. The highest BCUT2D eigenvalue weighted by Gasteiger charge is 2.13. The largest absolute Gasteiger partial charge is 0.462 e. The Morgan fingerprint density at radius 2 is 2.13 bits per heavy atom. The van der Waals surface area contributed by atoms with Crippen LogP contribution in [0.3, 0.4) is 0 Å². The molecule has 1 N–H and O–H groups in total. The molecule has 0 saturated carbocycles. The summed E-state index contributed by atoms with van der Waals surface area (Å²) in [4.78, 5) is 4.18. The monoisotopic (exact) mass is 324 g/mol. The fourth-order valence-electron chi connectivity index (χ4n) is 2.17. The normalized spacial score (nSPS) is 19.0. The molecule has 0 aromatic rings. The highest BCUT2D eigenvalue weighted by Crippen LogP contribution is 2.13. The third kappa shape index (κ3) is 10.1. The molecule has 23 heavy (non-hydrogen) atoms. The third-order valence-electron chi connectivity index (χ3n) is 3.34. The van der Waals surface area contributed by atoms with Gasteiger partial charge in [-0.05, 0) is 46.6 Å². The van der Waals surface area contributed by atoms with Gasteiger partial charge in [-0.1, -0.05) is 12.2 Å². The number of rotatable bonds is 12. The maximum atomic E-state index is 5.72. The number of hydrogen-bond acceptors (Lipinski definition) is 5. The molecule has 0 aromatic heterocycles. The zero-order valence-electron chi connectivity index (χ0n) is 15.0. The van der Waals surface area contributed by atoms with Crippen LogP contribution in [0, 0.1) is 0 Å². The van der Waals surface area contributed by atoms with Gasteiger partial charge in [0, 0.05) is 32.4 Å². The van der Waals surface area contributed by atoms with Crippen LogP contribution in [0.4, 0.5) is 0 Å². The van der Waals surface area contributed by atoms with Crippen LogP contribution in [-0.2, 0) is 14.2 Å². The minimum Gasteiger partial charge on any atom is -0.462 e. The molecule has 0 spiro atoms. The maximum absolute atomic E-state index is 5.72. The third-order valence-corrected chi connectivity index (χ3v) is 3.34. The van der Waals surface area contributed by atoms with Crippen LogP contribution in [0.1, 0.15) is 46.5 Å². The van der Waals surface area contributed by atoms with Crippen molar-refractivity contribution < 1.29 is 14.2 Å². The highest BCUT2D eigenvalue weighted by atomic mass is 16.7.